The molecule has 112 valence electrons. The van der Waals surface area contributed by atoms with Gasteiger partial charge in [-0.2, -0.15) is 0 Å². The van der Waals surface area contributed by atoms with Crippen molar-refractivity contribution in [2.45, 2.75) is 6.10 Å². The van der Waals surface area contributed by atoms with Crippen LogP contribution in [0.4, 0.5) is 0 Å². The topological polar surface area (TPSA) is 46.9 Å². The molecule has 0 aromatic heterocycles. The molecule has 1 saturated heterocycles. The molecule has 20 heavy (non-hydrogen) atoms. The summed E-state index contributed by atoms with van der Waals surface area (Å²) in [6.07, 6.45) is -0.634. The molecular weight excluding hydrogens is 299 g/mol. The molecule has 1 aromatic rings. The second kappa shape index (κ2) is 7.59. The molecule has 0 saturated carbocycles. The van der Waals surface area contributed by atoms with Crippen LogP contribution in [-0.2, 0) is 0 Å². The van der Waals surface area contributed by atoms with Gasteiger partial charge < -0.3 is 10.2 Å². The van der Waals surface area contributed by atoms with Gasteiger partial charge in [-0.15, -0.1) is 0 Å². The van der Waals surface area contributed by atoms with Crippen molar-refractivity contribution in [2.24, 2.45) is 0 Å². The monoisotopic (exact) mass is 318 g/mol. The molecule has 1 aliphatic rings. The van der Waals surface area contributed by atoms with Crippen molar-refractivity contribution in [1.82, 2.24) is 9.80 Å². The molecule has 1 heterocycles. The molecule has 2 N–H and O–H groups in total. The lowest BCUT2D eigenvalue weighted by molar-refractivity contribution is 0.0661. The van der Waals surface area contributed by atoms with E-state index < -0.39 is 6.10 Å². The fourth-order valence-corrected chi connectivity index (χ4v) is 2.87. The molecule has 1 fully saturated rings. The minimum atomic E-state index is -0.634. The van der Waals surface area contributed by atoms with E-state index in [1.165, 1.54) is 0 Å². The van der Waals surface area contributed by atoms with Crippen molar-refractivity contribution < 1.29 is 10.2 Å². The Labute approximate surface area is 129 Å². The lowest BCUT2D eigenvalue weighted by Gasteiger charge is -2.35. The van der Waals surface area contributed by atoms with Crippen LogP contribution < -0.4 is 0 Å². The smallest absolute Gasteiger partial charge is 0.0931 e. The minimum absolute atomic E-state index is 0.195. The van der Waals surface area contributed by atoms with Crippen LogP contribution >= 0.6 is 23.2 Å². The second-order valence-electron chi connectivity index (χ2n) is 5.05. The third-order valence-corrected chi connectivity index (χ3v) is 4.21. The van der Waals surface area contributed by atoms with E-state index in [0.29, 0.717) is 22.2 Å². The highest BCUT2D eigenvalue weighted by molar-refractivity contribution is 6.33. The lowest BCUT2D eigenvalue weighted by atomic mass is 10.1. The summed E-state index contributed by atoms with van der Waals surface area (Å²) in [7, 11) is 0. The van der Waals surface area contributed by atoms with Crippen LogP contribution in [0.25, 0.3) is 0 Å². The summed E-state index contributed by atoms with van der Waals surface area (Å²) in [6.45, 7) is 5.06. The van der Waals surface area contributed by atoms with E-state index >= 15 is 0 Å². The van der Waals surface area contributed by atoms with E-state index in [4.69, 9.17) is 28.3 Å². The maximum Gasteiger partial charge on any atom is 0.0931 e. The first kappa shape index (κ1) is 16.0. The first-order chi connectivity index (χ1) is 9.60. The molecule has 1 aliphatic heterocycles. The van der Waals surface area contributed by atoms with Gasteiger partial charge in [-0.05, 0) is 18.2 Å². The highest BCUT2D eigenvalue weighted by Gasteiger charge is 2.20. The first-order valence-corrected chi connectivity index (χ1v) is 7.54. The molecule has 1 aromatic carbocycles. The van der Waals surface area contributed by atoms with Crippen molar-refractivity contribution in [1.29, 1.82) is 0 Å². The van der Waals surface area contributed by atoms with E-state index in [1.807, 2.05) is 0 Å². The molecular formula is C14H20Cl2N2O2. The zero-order chi connectivity index (χ0) is 14.5. The number of hydrogen-bond acceptors (Lipinski definition) is 4. The summed E-state index contributed by atoms with van der Waals surface area (Å²) in [6, 6.07) is 5.14. The van der Waals surface area contributed by atoms with Gasteiger partial charge in [0, 0.05) is 54.9 Å². The fourth-order valence-electron chi connectivity index (χ4n) is 2.45. The first-order valence-electron chi connectivity index (χ1n) is 6.78. The predicted octanol–water partition coefficient (Wildman–Crippen LogP) is 1.64. The Morgan fingerprint density at radius 1 is 1.10 bits per heavy atom. The van der Waals surface area contributed by atoms with Crippen molar-refractivity contribution in [3.8, 4) is 0 Å². The summed E-state index contributed by atoms with van der Waals surface area (Å²) < 4.78 is 0. The lowest BCUT2D eigenvalue weighted by Crippen LogP contribution is -2.48. The predicted molar refractivity (Wildman–Crippen MR) is 81.4 cm³/mol. The molecule has 0 radical (unpaired) electrons. The third kappa shape index (κ3) is 4.32. The van der Waals surface area contributed by atoms with E-state index in [-0.39, 0.29) is 6.61 Å². The van der Waals surface area contributed by atoms with Crippen molar-refractivity contribution in [3.63, 3.8) is 0 Å². The molecule has 0 amide bonds. The van der Waals surface area contributed by atoms with E-state index in [1.54, 1.807) is 18.2 Å². The van der Waals surface area contributed by atoms with Crippen molar-refractivity contribution in [2.75, 3.05) is 45.9 Å². The maximum atomic E-state index is 10.3. The highest BCUT2D eigenvalue weighted by Crippen LogP contribution is 2.27. The number of β-amino-alcohol motifs (C(OH)–C–C–N with tert-alkyl or cyclic N) is 2. The van der Waals surface area contributed by atoms with E-state index in [0.717, 1.165) is 32.7 Å². The Bertz CT molecular complexity index is 437. The molecule has 1 atom stereocenters. The van der Waals surface area contributed by atoms with Gasteiger partial charge in [0.05, 0.1) is 12.7 Å². The number of aliphatic hydroxyl groups excluding tert-OH is 2. The number of aliphatic hydroxyl groups is 2. The summed E-state index contributed by atoms with van der Waals surface area (Å²) in [4.78, 5) is 4.42. The van der Waals surface area contributed by atoms with Crippen LogP contribution in [0.5, 0.6) is 0 Å². The Balaban J connectivity index is 1.89. The number of piperazine rings is 1. The van der Waals surface area contributed by atoms with Crippen LogP contribution in [-0.4, -0.2) is 65.9 Å². The largest absolute Gasteiger partial charge is 0.395 e. The third-order valence-electron chi connectivity index (χ3n) is 3.63. The fraction of sp³-hybridized carbons (Fsp3) is 0.571. The van der Waals surface area contributed by atoms with Gasteiger partial charge >= 0.3 is 0 Å². The van der Waals surface area contributed by atoms with E-state index in [2.05, 4.69) is 9.80 Å². The van der Waals surface area contributed by atoms with E-state index in [9.17, 15) is 5.11 Å². The number of hydrogen-bond donors (Lipinski definition) is 2. The second-order valence-corrected chi connectivity index (χ2v) is 5.89. The van der Waals surface area contributed by atoms with Crippen LogP contribution in [0.1, 0.15) is 11.7 Å². The van der Waals surface area contributed by atoms with Gasteiger partial charge in [0.25, 0.3) is 0 Å². The van der Waals surface area contributed by atoms with Crippen molar-refractivity contribution in [3.05, 3.63) is 33.8 Å². The summed E-state index contributed by atoms with van der Waals surface area (Å²) >= 11 is 12.0. The van der Waals surface area contributed by atoms with Gasteiger partial charge in [-0.1, -0.05) is 23.2 Å². The van der Waals surface area contributed by atoms with Crippen molar-refractivity contribution >= 4 is 23.2 Å². The zero-order valence-corrected chi connectivity index (χ0v) is 12.8. The molecule has 0 unspecified atom stereocenters. The Morgan fingerprint density at radius 3 is 2.40 bits per heavy atom. The summed E-state index contributed by atoms with van der Waals surface area (Å²) in [5.74, 6) is 0. The van der Waals surface area contributed by atoms with Gasteiger partial charge in [0.15, 0.2) is 0 Å². The molecule has 6 heteroatoms. The number of nitrogens with zero attached hydrogens (tertiary/aromatic N) is 2. The molecule has 0 aliphatic carbocycles. The molecule has 2 rings (SSSR count). The molecule has 0 spiro atoms. The molecule has 0 bridgehead atoms. The minimum Gasteiger partial charge on any atom is -0.395 e. The Morgan fingerprint density at radius 2 is 1.75 bits per heavy atom. The van der Waals surface area contributed by atoms with Crippen LogP contribution in [0, 0.1) is 0 Å². The maximum absolute atomic E-state index is 10.3. The van der Waals surface area contributed by atoms with Gasteiger partial charge in [-0.25, -0.2) is 0 Å². The van der Waals surface area contributed by atoms with Gasteiger partial charge in [0.1, 0.15) is 0 Å². The van der Waals surface area contributed by atoms with Gasteiger partial charge in [-0.3, -0.25) is 9.80 Å². The summed E-state index contributed by atoms with van der Waals surface area (Å²) in [5, 5.41) is 20.3. The SMILES string of the molecule is OCCN1CCN(C[C@@H](O)c2cc(Cl)ccc2Cl)CC1. The normalized spacial score (nSPS) is 19.2. The average molecular weight is 319 g/mol. The standard InChI is InChI=1S/C14H20Cl2N2O2/c15-11-1-2-13(16)12(9-11)14(20)10-18-5-3-17(4-6-18)7-8-19/h1-2,9,14,19-20H,3-8,10H2/t14-/m1/s1. The Kier molecular flexibility index (Phi) is 6.08. The number of rotatable bonds is 5. The van der Waals surface area contributed by atoms with Crippen LogP contribution in [0.3, 0.4) is 0 Å². The molecule has 4 nitrogen and oxygen atoms in total. The number of halogens is 2. The van der Waals surface area contributed by atoms with Crippen LogP contribution in [0.15, 0.2) is 18.2 Å². The zero-order valence-electron chi connectivity index (χ0n) is 11.3. The van der Waals surface area contributed by atoms with Gasteiger partial charge in [0.2, 0.25) is 0 Å². The quantitative estimate of drug-likeness (QED) is 0.866. The average Bonchev–Trinajstić information content (AvgIpc) is 2.44. The van der Waals surface area contributed by atoms with Crippen LogP contribution in [0.2, 0.25) is 10.0 Å². The number of benzene rings is 1. The summed E-state index contributed by atoms with van der Waals surface area (Å²) in [5.41, 5.74) is 0.678. The highest BCUT2D eigenvalue weighted by atomic mass is 35.5. The Hall–Kier alpha value is -0.360.